The zero-order valence-corrected chi connectivity index (χ0v) is 32.7. The summed E-state index contributed by atoms with van der Waals surface area (Å²) in [6.07, 6.45) is -0.272. The molecule has 2 aliphatic heterocycles. The highest BCUT2D eigenvalue weighted by Crippen LogP contribution is 2.53. The third-order valence-electron chi connectivity index (χ3n) is 9.02. The van der Waals surface area contributed by atoms with Gasteiger partial charge in [-0.05, 0) is 58.2 Å². The molecule has 14 heteroatoms. The molecule has 1 amide bonds. The van der Waals surface area contributed by atoms with Crippen molar-refractivity contribution in [1.29, 1.82) is 0 Å². The lowest BCUT2D eigenvalue weighted by Crippen LogP contribution is -2.49. The van der Waals surface area contributed by atoms with Gasteiger partial charge in [-0.25, -0.2) is 4.98 Å². The van der Waals surface area contributed by atoms with Crippen molar-refractivity contribution in [2.45, 2.75) is 154 Å². The zero-order valence-electron chi connectivity index (χ0n) is 30.3. The molecule has 260 valence electrons. The summed E-state index contributed by atoms with van der Waals surface area (Å²) in [6, 6.07) is 0. The average molecular weight is 680 g/mol. The highest BCUT2D eigenvalue weighted by molar-refractivity contribution is 6.77. The molecule has 2 N–H and O–H groups in total. The number of ether oxygens (including phenoxy) is 4. The minimum atomic E-state index is -2.25. The van der Waals surface area contributed by atoms with Crippen LogP contribution in [0.3, 0.4) is 0 Å². The maximum atomic E-state index is 13.1. The van der Waals surface area contributed by atoms with E-state index in [1.165, 1.54) is 0 Å². The Kier molecular flexibility index (Phi) is 10.6. The number of rotatable bonds is 12. The lowest BCUT2D eigenvalue weighted by Gasteiger charge is -2.42. The van der Waals surface area contributed by atoms with E-state index in [1.807, 2.05) is 41.5 Å². The number of hydrogen-bond donors (Lipinski definition) is 2. The van der Waals surface area contributed by atoms with E-state index in [9.17, 15) is 9.59 Å². The first kappa shape index (κ1) is 36.9. The van der Waals surface area contributed by atoms with Gasteiger partial charge in [0.25, 0.3) is 5.56 Å². The van der Waals surface area contributed by atoms with Crippen molar-refractivity contribution in [3.8, 4) is 0 Å². The van der Waals surface area contributed by atoms with Crippen LogP contribution in [-0.2, 0) is 28.2 Å². The molecule has 4 rings (SSSR count). The molecule has 1 unspecified atom stereocenters. The van der Waals surface area contributed by atoms with Crippen molar-refractivity contribution in [2.24, 2.45) is 5.92 Å². The lowest BCUT2D eigenvalue weighted by molar-refractivity contribution is -0.158. The molecular formula is C32H57N5O7Si2. The molecular weight excluding hydrogens is 623 g/mol. The standard InChI is InChI=1S/C32H57N5O7Si2/c1-17(2)25(38)35-29-34-24-21(26(39)36-29)33-15-37(24)27-22(40-16-41-46(18(3)4,19(5)6)20(7)8)23(42-30(9,10)11)32(43-27)28(45-32)44-31(12,13)14/h15,17-20,22-23,27-28H,16,45H2,1-14H3,(H2,34,35,36,38,39)/t22-,23+,27-,28?,32-/m1/s1. The van der Waals surface area contributed by atoms with E-state index in [0.29, 0.717) is 16.6 Å². The second kappa shape index (κ2) is 13.2. The summed E-state index contributed by atoms with van der Waals surface area (Å²) in [7, 11) is -3.18. The molecule has 2 aromatic heterocycles. The normalized spacial score (nSPS) is 26.1. The molecule has 0 aromatic carbocycles. The van der Waals surface area contributed by atoms with E-state index in [1.54, 1.807) is 24.7 Å². The Hall–Kier alpha value is -1.95. The van der Waals surface area contributed by atoms with Gasteiger partial charge in [0.05, 0.1) is 23.3 Å². The number of nitrogens with zero attached hydrogens (tertiary/aromatic N) is 3. The molecule has 0 radical (unpaired) electrons. The number of anilines is 1. The fourth-order valence-corrected chi connectivity index (χ4v) is 14.6. The summed E-state index contributed by atoms with van der Waals surface area (Å²) in [5.74, 6) is -0.513. The van der Waals surface area contributed by atoms with Crippen LogP contribution in [-0.4, -0.2) is 84.4 Å². The highest BCUT2D eigenvalue weighted by atomic mass is 28.4. The number of amides is 1. The Labute approximate surface area is 277 Å². The molecule has 1 spiro atoms. The number of imidazole rings is 1. The quantitative estimate of drug-likeness (QED) is 0.235. The second-order valence-electron chi connectivity index (χ2n) is 16.1. The Balaban J connectivity index is 1.79. The summed E-state index contributed by atoms with van der Waals surface area (Å²) < 4.78 is 35.7. The van der Waals surface area contributed by atoms with Crippen LogP contribution in [0.25, 0.3) is 11.2 Å². The van der Waals surface area contributed by atoms with Crippen LogP contribution in [0.1, 0.15) is 103 Å². The van der Waals surface area contributed by atoms with Crippen molar-refractivity contribution < 1.29 is 28.2 Å². The molecule has 2 saturated heterocycles. The minimum absolute atomic E-state index is 0.0466. The van der Waals surface area contributed by atoms with Crippen LogP contribution in [0.15, 0.2) is 11.1 Å². The van der Waals surface area contributed by atoms with Crippen molar-refractivity contribution in [3.63, 3.8) is 0 Å². The van der Waals surface area contributed by atoms with Crippen LogP contribution < -0.4 is 10.9 Å². The molecule has 12 nitrogen and oxygen atoms in total. The zero-order chi connectivity index (χ0) is 34.6. The second-order valence-corrected chi connectivity index (χ2v) is 23.8. The highest BCUT2D eigenvalue weighted by Gasteiger charge is 2.73. The summed E-state index contributed by atoms with van der Waals surface area (Å²) in [5, 5.41) is 2.04. The van der Waals surface area contributed by atoms with Gasteiger partial charge in [-0.1, -0.05) is 55.4 Å². The Bertz CT molecular complexity index is 1420. The number of aromatic amines is 1. The molecule has 0 aliphatic carbocycles. The number of carbonyl (C=O) groups excluding carboxylic acids is 1. The summed E-state index contributed by atoms with van der Waals surface area (Å²) in [6.45, 7) is 29.3. The smallest absolute Gasteiger partial charge is 0.280 e. The Morgan fingerprint density at radius 1 is 1.04 bits per heavy atom. The molecule has 2 fully saturated rings. The fourth-order valence-electron chi connectivity index (χ4n) is 7.09. The molecule has 5 atom stereocenters. The van der Waals surface area contributed by atoms with Crippen molar-refractivity contribution >= 4 is 40.9 Å². The Morgan fingerprint density at radius 2 is 1.63 bits per heavy atom. The first-order chi connectivity index (χ1) is 21.1. The van der Waals surface area contributed by atoms with Crippen LogP contribution in [0.2, 0.25) is 16.6 Å². The predicted octanol–water partition coefficient (Wildman–Crippen LogP) is 4.98. The first-order valence-electron chi connectivity index (χ1n) is 16.7. The van der Waals surface area contributed by atoms with Gasteiger partial charge in [-0.15, -0.1) is 0 Å². The van der Waals surface area contributed by atoms with E-state index in [4.69, 9.17) is 23.4 Å². The largest absolute Gasteiger partial charge is 0.394 e. The molecule has 0 saturated carbocycles. The van der Waals surface area contributed by atoms with Crippen molar-refractivity contribution in [3.05, 3.63) is 16.7 Å². The van der Waals surface area contributed by atoms with Gasteiger partial charge < -0.3 is 23.4 Å². The summed E-state index contributed by atoms with van der Waals surface area (Å²) in [4.78, 5) is 37.2. The monoisotopic (exact) mass is 679 g/mol. The summed E-state index contributed by atoms with van der Waals surface area (Å²) >= 11 is 0. The van der Waals surface area contributed by atoms with Crippen LogP contribution in [0, 0.1) is 5.92 Å². The fraction of sp³-hybridized carbons (Fsp3) is 0.812. The van der Waals surface area contributed by atoms with E-state index < -0.39 is 52.7 Å². The first-order valence-corrected chi connectivity index (χ1v) is 20.4. The van der Waals surface area contributed by atoms with Crippen LogP contribution in [0.4, 0.5) is 5.95 Å². The number of fused-ring (bicyclic) bond motifs is 1. The number of H-pyrrole nitrogens is 1. The van der Waals surface area contributed by atoms with E-state index in [2.05, 4.69) is 61.8 Å². The Morgan fingerprint density at radius 3 is 2.15 bits per heavy atom. The van der Waals surface area contributed by atoms with Gasteiger partial charge in [0.1, 0.15) is 33.7 Å². The lowest BCUT2D eigenvalue weighted by atomic mass is 10.1. The van der Waals surface area contributed by atoms with Gasteiger partial charge in [0.15, 0.2) is 17.4 Å². The molecule has 46 heavy (non-hydrogen) atoms. The van der Waals surface area contributed by atoms with E-state index >= 15 is 0 Å². The van der Waals surface area contributed by atoms with Crippen molar-refractivity contribution in [2.75, 3.05) is 12.1 Å². The average Bonchev–Trinajstić information content (AvgIpc) is 3.24. The van der Waals surface area contributed by atoms with Gasteiger partial charge >= 0.3 is 0 Å². The number of nitrogens with one attached hydrogen (secondary N) is 2. The molecule has 4 heterocycles. The third-order valence-corrected chi connectivity index (χ3v) is 17.3. The summed E-state index contributed by atoms with van der Waals surface area (Å²) in [5.41, 5.74) is 0.125. The van der Waals surface area contributed by atoms with Crippen LogP contribution >= 0.6 is 0 Å². The van der Waals surface area contributed by atoms with Gasteiger partial charge in [0.2, 0.25) is 20.2 Å². The van der Waals surface area contributed by atoms with Crippen molar-refractivity contribution in [1.82, 2.24) is 19.5 Å². The van der Waals surface area contributed by atoms with Gasteiger partial charge in [-0.3, -0.25) is 24.5 Å². The molecule has 2 aromatic rings. The predicted molar refractivity (Wildman–Crippen MR) is 184 cm³/mol. The SMILES string of the molecule is CC(C)C(=O)Nc1nc2c(ncn2[C@@H]2O[C@@]3([SiH2]C3OC(C)(C)C)[C@@H](OC(C)(C)C)[C@H]2OCO[Si](C(C)C)(C(C)C)C(C)C)c(=O)[nH]1. The maximum Gasteiger partial charge on any atom is 0.280 e. The van der Waals surface area contributed by atoms with Gasteiger partial charge in [-0.2, -0.15) is 4.98 Å². The van der Waals surface area contributed by atoms with Gasteiger partial charge in [0, 0.05) is 5.92 Å². The number of aromatic nitrogens is 4. The number of carbonyl (C=O) groups is 1. The van der Waals surface area contributed by atoms with Crippen LogP contribution in [0.5, 0.6) is 0 Å². The molecule has 2 aliphatic rings. The third kappa shape index (κ3) is 7.37. The van der Waals surface area contributed by atoms with E-state index in [0.717, 1.165) is 0 Å². The topological polar surface area (TPSA) is 139 Å². The number of hydrogen-bond acceptors (Lipinski definition) is 9. The maximum absolute atomic E-state index is 13.1. The molecule has 0 bridgehead atoms. The van der Waals surface area contributed by atoms with E-state index in [-0.39, 0.29) is 47.1 Å². The minimum Gasteiger partial charge on any atom is -0.394 e.